The fourth-order valence-corrected chi connectivity index (χ4v) is 2.97. The fourth-order valence-electron chi connectivity index (χ4n) is 1.93. The molecular weight excluding hydrogens is 327 g/mol. The quantitative estimate of drug-likeness (QED) is 0.794. The Kier molecular flexibility index (Phi) is 4.08. The van der Waals surface area contributed by atoms with E-state index in [4.69, 9.17) is 11.6 Å². The number of rotatable bonds is 4. The number of halogens is 2. The van der Waals surface area contributed by atoms with Crippen LogP contribution >= 0.6 is 22.9 Å². The Morgan fingerprint density at radius 2 is 2.23 bits per heavy atom. The fraction of sp³-hybridized carbons (Fsp3) is 0.214. The molecule has 0 saturated heterocycles. The number of nitrogens with zero attached hydrogens (tertiary/aromatic N) is 3. The first-order valence-electron chi connectivity index (χ1n) is 6.64. The Morgan fingerprint density at radius 1 is 1.41 bits per heavy atom. The van der Waals surface area contributed by atoms with Gasteiger partial charge in [0.1, 0.15) is 10.8 Å². The molecule has 1 N–H and O–H groups in total. The summed E-state index contributed by atoms with van der Waals surface area (Å²) in [6.07, 6.45) is 0.759. The smallest absolute Gasteiger partial charge is 0.275 e. The minimum Gasteiger partial charge on any atom is -0.379 e. The molecule has 0 fully saturated rings. The largest absolute Gasteiger partial charge is 0.379 e. The van der Waals surface area contributed by atoms with Crippen LogP contribution in [0.1, 0.15) is 17.6 Å². The molecule has 5 nitrogen and oxygen atoms in total. The van der Waals surface area contributed by atoms with Gasteiger partial charge in [0.15, 0.2) is 0 Å². The van der Waals surface area contributed by atoms with Crippen LogP contribution in [0, 0.1) is 5.82 Å². The van der Waals surface area contributed by atoms with Crippen molar-refractivity contribution >= 4 is 33.6 Å². The lowest BCUT2D eigenvalue weighted by atomic mass is 10.3. The average Bonchev–Trinajstić information content (AvgIpc) is 2.92. The van der Waals surface area contributed by atoms with E-state index in [-0.39, 0.29) is 10.6 Å². The standard InChI is InChI=1S/C14H12ClFN4OS/c1-2-12-19-20-13(21)6-9(18-14(20)22-12)7-17-8-3-4-11(16)10(15)5-8/h3-6,17H,2,7H2,1H3. The lowest BCUT2D eigenvalue weighted by Crippen LogP contribution is -2.16. The van der Waals surface area contributed by atoms with E-state index in [0.29, 0.717) is 22.9 Å². The molecule has 0 atom stereocenters. The van der Waals surface area contributed by atoms with Gasteiger partial charge in [0, 0.05) is 11.8 Å². The Hall–Kier alpha value is -1.99. The SMILES string of the molecule is CCc1nn2c(=O)cc(CNc3ccc(F)c(Cl)c3)nc2s1. The molecule has 0 radical (unpaired) electrons. The molecule has 2 heterocycles. The van der Waals surface area contributed by atoms with Gasteiger partial charge in [0.2, 0.25) is 4.96 Å². The number of aryl methyl sites for hydroxylation is 1. The summed E-state index contributed by atoms with van der Waals surface area (Å²) in [7, 11) is 0. The van der Waals surface area contributed by atoms with Crippen molar-refractivity contribution in [1.82, 2.24) is 14.6 Å². The number of hydrogen-bond acceptors (Lipinski definition) is 5. The predicted molar refractivity (Wildman–Crippen MR) is 85.2 cm³/mol. The first kappa shape index (κ1) is 14.9. The second kappa shape index (κ2) is 6.02. The number of benzene rings is 1. The number of hydrogen-bond donors (Lipinski definition) is 1. The zero-order valence-corrected chi connectivity index (χ0v) is 13.2. The van der Waals surface area contributed by atoms with E-state index in [2.05, 4.69) is 15.4 Å². The van der Waals surface area contributed by atoms with Crippen molar-refractivity contribution in [3.05, 3.63) is 56.2 Å². The Morgan fingerprint density at radius 3 is 2.95 bits per heavy atom. The molecule has 22 heavy (non-hydrogen) atoms. The maximum atomic E-state index is 13.1. The van der Waals surface area contributed by atoms with E-state index in [1.807, 2.05) is 6.92 Å². The first-order chi connectivity index (χ1) is 10.6. The summed E-state index contributed by atoms with van der Waals surface area (Å²) in [5, 5.41) is 8.16. The second-order valence-corrected chi connectivity index (χ2v) is 6.06. The van der Waals surface area contributed by atoms with Gasteiger partial charge in [0.25, 0.3) is 5.56 Å². The van der Waals surface area contributed by atoms with Gasteiger partial charge >= 0.3 is 0 Å². The van der Waals surface area contributed by atoms with Gasteiger partial charge in [-0.3, -0.25) is 4.79 Å². The van der Waals surface area contributed by atoms with Crippen LogP contribution in [0.25, 0.3) is 4.96 Å². The summed E-state index contributed by atoms with van der Waals surface area (Å²) < 4.78 is 14.4. The lowest BCUT2D eigenvalue weighted by molar-refractivity contribution is 0.628. The summed E-state index contributed by atoms with van der Waals surface area (Å²) in [4.78, 5) is 17.0. The highest BCUT2D eigenvalue weighted by atomic mass is 35.5. The Bertz CT molecular complexity index is 892. The summed E-state index contributed by atoms with van der Waals surface area (Å²) in [5.41, 5.74) is 1.04. The van der Waals surface area contributed by atoms with Crippen molar-refractivity contribution in [2.45, 2.75) is 19.9 Å². The third-order valence-corrected chi connectivity index (χ3v) is 4.38. The third kappa shape index (κ3) is 2.95. The molecule has 0 spiro atoms. The highest BCUT2D eigenvalue weighted by Crippen LogP contribution is 2.20. The highest BCUT2D eigenvalue weighted by molar-refractivity contribution is 7.16. The minimum absolute atomic E-state index is 0.0449. The minimum atomic E-state index is -0.471. The van der Waals surface area contributed by atoms with Crippen LogP contribution < -0.4 is 10.9 Å². The molecule has 8 heteroatoms. The highest BCUT2D eigenvalue weighted by Gasteiger charge is 2.08. The van der Waals surface area contributed by atoms with Gasteiger partial charge in [-0.05, 0) is 24.6 Å². The van der Waals surface area contributed by atoms with Crippen molar-refractivity contribution in [2.24, 2.45) is 0 Å². The molecule has 0 aliphatic carbocycles. The monoisotopic (exact) mass is 338 g/mol. The Balaban J connectivity index is 1.84. The topological polar surface area (TPSA) is 59.3 Å². The van der Waals surface area contributed by atoms with E-state index >= 15 is 0 Å². The average molecular weight is 339 g/mol. The summed E-state index contributed by atoms with van der Waals surface area (Å²) in [5.74, 6) is -0.471. The first-order valence-corrected chi connectivity index (χ1v) is 7.84. The summed E-state index contributed by atoms with van der Waals surface area (Å²) in [6.45, 7) is 2.32. The Labute approximate surface area is 134 Å². The molecule has 0 bridgehead atoms. The van der Waals surface area contributed by atoms with Crippen LogP contribution in [0.15, 0.2) is 29.1 Å². The number of aromatic nitrogens is 3. The van der Waals surface area contributed by atoms with Crippen LogP contribution in [0.4, 0.5) is 10.1 Å². The molecule has 0 amide bonds. The molecule has 2 aromatic heterocycles. The summed E-state index contributed by atoms with van der Waals surface area (Å²) in [6, 6.07) is 5.79. The molecule has 0 saturated carbocycles. The zero-order chi connectivity index (χ0) is 15.7. The van der Waals surface area contributed by atoms with Gasteiger partial charge in [-0.2, -0.15) is 9.61 Å². The van der Waals surface area contributed by atoms with E-state index in [9.17, 15) is 9.18 Å². The van der Waals surface area contributed by atoms with Crippen LogP contribution in [0.2, 0.25) is 5.02 Å². The van der Waals surface area contributed by atoms with Crippen molar-refractivity contribution in [2.75, 3.05) is 5.32 Å². The summed E-state index contributed by atoms with van der Waals surface area (Å²) >= 11 is 7.12. The molecule has 1 aromatic carbocycles. The van der Waals surface area contributed by atoms with Crippen molar-refractivity contribution < 1.29 is 4.39 Å². The van der Waals surface area contributed by atoms with Gasteiger partial charge in [-0.25, -0.2) is 9.37 Å². The van der Waals surface area contributed by atoms with Crippen LogP contribution in [-0.2, 0) is 13.0 Å². The van der Waals surface area contributed by atoms with Gasteiger partial charge in [-0.15, -0.1) is 0 Å². The predicted octanol–water partition coefficient (Wildman–Crippen LogP) is 3.12. The molecular formula is C14H12ClFN4OS. The number of nitrogens with one attached hydrogen (secondary N) is 1. The molecule has 0 unspecified atom stereocenters. The van der Waals surface area contributed by atoms with Crippen LogP contribution in [0.3, 0.4) is 0 Å². The van der Waals surface area contributed by atoms with E-state index in [1.54, 1.807) is 6.07 Å². The van der Waals surface area contributed by atoms with Gasteiger partial charge < -0.3 is 5.32 Å². The molecule has 0 aliphatic rings. The van der Waals surface area contributed by atoms with Gasteiger partial charge in [0.05, 0.1) is 17.3 Å². The third-order valence-electron chi connectivity index (χ3n) is 3.04. The second-order valence-electron chi connectivity index (χ2n) is 4.61. The molecule has 114 valence electrons. The van der Waals surface area contributed by atoms with Crippen molar-refractivity contribution in [3.8, 4) is 0 Å². The normalized spacial score (nSPS) is 11.0. The maximum absolute atomic E-state index is 13.1. The van der Waals surface area contributed by atoms with Crippen molar-refractivity contribution in [1.29, 1.82) is 0 Å². The van der Waals surface area contributed by atoms with E-state index in [1.165, 1.54) is 34.1 Å². The molecule has 0 aliphatic heterocycles. The molecule has 3 aromatic rings. The number of fused-ring (bicyclic) bond motifs is 1. The maximum Gasteiger partial charge on any atom is 0.275 e. The van der Waals surface area contributed by atoms with E-state index in [0.717, 1.165) is 11.4 Å². The van der Waals surface area contributed by atoms with E-state index < -0.39 is 5.82 Å². The number of anilines is 1. The van der Waals surface area contributed by atoms with Crippen molar-refractivity contribution in [3.63, 3.8) is 0 Å². The lowest BCUT2D eigenvalue weighted by Gasteiger charge is -2.06. The van der Waals surface area contributed by atoms with Crippen LogP contribution in [-0.4, -0.2) is 14.6 Å². The molecule has 3 rings (SSSR count). The zero-order valence-electron chi connectivity index (χ0n) is 11.6. The van der Waals surface area contributed by atoms with Crippen LogP contribution in [0.5, 0.6) is 0 Å². The van der Waals surface area contributed by atoms with Gasteiger partial charge in [-0.1, -0.05) is 29.9 Å².